The van der Waals surface area contributed by atoms with Gasteiger partial charge in [0.05, 0.1) is 6.10 Å². The highest BCUT2D eigenvalue weighted by Gasteiger charge is 2.21. The molecular formula is C24H23N3O3S. The predicted octanol–water partition coefficient (Wildman–Crippen LogP) is 5.23. The highest BCUT2D eigenvalue weighted by atomic mass is 32.2. The van der Waals surface area contributed by atoms with Crippen LogP contribution in [0.1, 0.15) is 35.5 Å². The Bertz CT molecular complexity index is 1180. The number of benzene rings is 2. The largest absolute Gasteiger partial charge is 0.491 e. The van der Waals surface area contributed by atoms with Gasteiger partial charge in [0.1, 0.15) is 11.3 Å². The zero-order valence-corrected chi connectivity index (χ0v) is 18.2. The van der Waals surface area contributed by atoms with E-state index < -0.39 is 0 Å². The summed E-state index contributed by atoms with van der Waals surface area (Å²) in [5.41, 5.74) is 2.48. The van der Waals surface area contributed by atoms with Gasteiger partial charge in [0.15, 0.2) is 10.9 Å². The van der Waals surface area contributed by atoms with Crippen molar-refractivity contribution >= 4 is 28.6 Å². The molecule has 0 unspecified atom stereocenters. The summed E-state index contributed by atoms with van der Waals surface area (Å²) in [6, 6.07) is 17.2. The fourth-order valence-electron chi connectivity index (χ4n) is 3.19. The lowest BCUT2D eigenvalue weighted by Crippen LogP contribution is -2.23. The van der Waals surface area contributed by atoms with Crippen molar-refractivity contribution in [2.75, 3.05) is 0 Å². The van der Waals surface area contributed by atoms with Crippen LogP contribution in [0.5, 0.6) is 5.75 Å². The molecule has 1 N–H and O–H groups in total. The van der Waals surface area contributed by atoms with E-state index in [2.05, 4.69) is 15.3 Å². The smallest absolute Gasteiger partial charge is 0.287 e. The summed E-state index contributed by atoms with van der Waals surface area (Å²) in [6.45, 7) is 4.34. The summed E-state index contributed by atoms with van der Waals surface area (Å²) in [7, 11) is 0. The molecule has 2 aromatic carbocycles. The van der Waals surface area contributed by atoms with Gasteiger partial charge in [-0.25, -0.2) is 9.97 Å². The molecule has 0 saturated carbocycles. The lowest BCUT2D eigenvalue weighted by molar-refractivity contribution is 0.0924. The first-order valence-electron chi connectivity index (χ1n) is 10.0. The summed E-state index contributed by atoms with van der Waals surface area (Å²) in [5.74, 6) is 1.38. The topological polar surface area (TPSA) is 77.2 Å². The molecule has 4 rings (SSSR count). The molecule has 4 aromatic rings. The van der Waals surface area contributed by atoms with Gasteiger partial charge in [0.2, 0.25) is 0 Å². The van der Waals surface area contributed by atoms with E-state index in [0.29, 0.717) is 28.8 Å². The van der Waals surface area contributed by atoms with E-state index in [9.17, 15) is 4.79 Å². The first kappa shape index (κ1) is 20.9. The fraction of sp³-hybridized carbons (Fsp3) is 0.208. The number of hydrogen-bond donors (Lipinski definition) is 1. The maximum atomic E-state index is 13.0. The standard InChI is InChI=1S/C24H23N3O3S/c1-16(2)29-18-8-5-7-17(13-18)14-27-23(28)22-20(15-31-24-25-11-6-12-26-24)19-9-3-4-10-21(19)30-22/h3-13,16H,14-15H2,1-2H3,(H,27,28). The number of hydrogen-bond acceptors (Lipinski definition) is 6. The molecule has 0 aliphatic carbocycles. The van der Waals surface area contributed by atoms with E-state index in [4.69, 9.17) is 9.15 Å². The van der Waals surface area contributed by atoms with Crippen LogP contribution in [0, 0.1) is 0 Å². The second kappa shape index (κ2) is 9.66. The number of nitrogens with one attached hydrogen (secondary N) is 1. The molecule has 1 amide bonds. The van der Waals surface area contributed by atoms with Crippen LogP contribution in [0.4, 0.5) is 0 Å². The maximum absolute atomic E-state index is 13.0. The SMILES string of the molecule is CC(C)Oc1cccc(CNC(=O)c2oc3ccccc3c2CSc2ncccn2)c1. The molecule has 0 saturated heterocycles. The molecule has 7 heteroatoms. The van der Waals surface area contributed by atoms with Crippen molar-refractivity contribution in [3.8, 4) is 5.75 Å². The number of amides is 1. The Labute approximate surface area is 185 Å². The monoisotopic (exact) mass is 433 g/mol. The summed E-state index contributed by atoms with van der Waals surface area (Å²) in [6.07, 6.45) is 3.50. The number of fused-ring (bicyclic) bond motifs is 1. The third kappa shape index (κ3) is 5.24. The Morgan fingerprint density at radius 1 is 1.10 bits per heavy atom. The van der Waals surface area contributed by atoms with Crippen LogP contribution < -0.4 is 10.1 Å². The average molecular weight is 434 g/mol. The number of carbonyl (C=O) groups excluding carboxylic acids is 1. The Morgan fingerprint density at radius 3 is 2.71 bits per heavy atom. The van der Waals surface area contributed by atoms with Crippen LogP contribution in [-0.2, 0) is 12.3 Å². The van der Waals surface area contributed by atoms with Gasteiger partial charge in [-0.1, -0.05) is 42.1 Å². The van der Waals surface area contributed by atoms with E-state index in [0.717, 1.165) is 22.3 Å². The second-order valence-corrected chi connectivity index (χ2v) is 8.17. The van der Waals surface area contributed by atoms with Crippen LogP contribution in [0.25, 0.3) is 11.0 Å². The normalized spacial score (nSPS) is 11.1. The molecule has 0 fully saturated rings. The number of furan rings is 1. The Morgan fingerprint density at radius 2 is 1.90 bits per heavy atom. The van der Waals surface area contributed by atoms with Gasteiger partial charge in [-0.3, -0.25) is 4.79 Å². The second-order valence-electron chi connectivity index (χ2n) is 7.22. The van der Waals surface area contributed by atoms with Crippen LogP contribution in [-0.4, -0.2) is 22.0 Å². The highest BCUT2D eigenvalue weighted by molar-refractivity contribution is 7.98. The highest BCUT2D eigenvalue weighted by Crippen LogP contribution is 2.31. The number of nitrogens with zero attached hydrogens (tertiary/aromatic N) is 2. The summed E-state index contributed by atoms with van der Waals surface area (Å²) in [5, 5.41) is 4.54. The molecule has 0 bridgehead atoms. The Balaban J connectivity index is 1.52. The molecule has 6 nitrogen and oxygen atoms in total. The van der Waals surface area contributed by atoms with Gasteiger partial charge in [0, 0.05) is 35.6 Å². The number of para-hydroxylation sites is 1. The molecule has 2 heterocycles. The van der Waals surface area contributed by atoms with Crippen molar-refractivity contribution in [1.82, 2.24) is 15.3 Å². The predicted molar refractivity (Wildman–Crippen MR) is 121 cm³/mol. The number of carbonyl (C=O) groups is 1. The molecule has 158 valence electrons. The Hall–Kier alpha value is -3.32. The van der Waals surface area contributed by atoms with Crippen LogP contribution in [0.15, 0.2) is 76.6 Å². The lowest BCUT2D eigenvalue weighted by Gasteiger charge is -2.11. The van der Waals surface area contributed by atoms with Gasteiger partial charge in [-0.05, 0) is 43.7 Å². The van der Waals surface area contributed by atoms with Gasteiger partial charge in [-0.15, -0.1) is 0 Å². The van der Waals surface area contributed by atoms with Gasteiger partial charge in [0.25, 0.3) is 5.91 Å². The third-order valence-electron chi connectivity index (χ3n) is 4.52. The molecule has 31 heavy (non-hydrogen) atoms. The van der Waals surface area contributed by atoms with Crippen LogP contribution in [0.2, 0.25) is 0 Å². The zero-order chi connectivity index (χ0) is 21.6. The van der Waals surface area contributed by atoms with Crippen molar-refractivity contribution < 1.29 is 13.9 Å². The number of ether oxygens (including phenoxy) is 1. The first-order chi connectivity index (χ1) is 15.1. The molecule has 0 aliphatic heterocycles. The third-order valence-corrected chi connectivity index (χ3v) is 5.42. The van der Waals surface area contributed by atoms with Crippen molar-refractivity contribution in [2.45, 2.75) is 37.4 Å². The number of aromatic nitrogens is 2. The van der Waals surface area contributed by atoms with E-state index in [1.807, 2.05) is 62.4 Å². The van der Waals surface area contributed by atoms with E-state index >= 15 is 0 Å². The maximum Gasteiger partial charge on any atom is 0.287 e. The van der Waals surface area contributed by atoms with Crippen molar-refractivity contribution in [3.05, 3.63) is 83.9 Å². The van der Waals surface area contributed by atoms with E-state index in [-0.39, 0.29) is 12.0 Å². The molecular weight excluding hydrogens is 410 g/mol. The van der Waals surface area contributed by atoms with Gasteiger partial charge >= 0.3 is 0 Å². The van der Waals surface area contributed by atoms with Crippen LogP contribution in [0.3, 0.4) is 0 Å². The summed E-state index contributed by atoms with van der Waals surface area (Å²) in [4.78, 5) is 21.5. The van der Waals surface area contributed by atoms with Crippen molar-refractivity contribution in [1.29, 1.82) is 0 Å². The molecule has 2 aromatic heterocycles. The van der Waals surface area contributed by atoms with Gasteiger partial charge in [-0.2, -0.15) is 0 Å². The number of thioether (sulfide) groups is 1. The summed E-state index contributed by atoms with van der Waals surface area (Å²) >= 11 is 1.47. The minimum atomic E-state index is -0.254. The quantitative estimate of drug-likeness (QED) is 0.303. The molecule has 0 atom stereocenters. The molecule has 0 spiro atoms. The summed E-state index contributed by atoms with van der Waals surface area (Å²) < 4.78 is 11.7. The fourth-order valence-corrected chi connectivity index (χ4v) is 4.02. The van der Waals surface area contributed by atoms with Crippen molar-refractivity contribution in [2.24, 2.45) is 0 Å². The minimum Gasteiger partial charge on any atom is -0.491 e. The zero-order valence-electron chi connectivity index (χ0n) is 17.4. The van der Waals surface area contributed by atoms with E-state index in [1.165, 1.54) is 11.8 Å². The lowest BCUT2D eigenvalue weighted by atomic mass is 10.1. The molecule has 0 aliphatic rings. The van der Waals surface area contributed by atoms with E-state index in [1.54, 1.807) is 18.5 Å². The Kier molecular flexibility index (Phi) is 6.52. The molecule has 0 radical (unpaired) electrons. The van der Waals surface area contributed by atoms with Crippen LogP contribution >= 0.6 is 11.8 Å². The van der Waals surface area contributed by atoms with Crippen molar-refractivity contribution in [3.63, 3.8) is 0 Å². The average Bonchev–Trinajstić information content (AvgIpc) is 3.15. The minimum absolute atomic E-state index is 0.0917. The number of rotatable bonds is 8. The first-order valence-corrected chi connectivity index (χ1v) is 11.0. The van der Waals surface area contributed by atoms with Gasteiger partial charge < -0.3 is 14.5 Å².